The van der Waals surface area contributed by atoms with Gasteiger partial charge in [0, 0.05) is 18.0 Å². The van der Waals surface area contributed by atoms with Gasteiger partial charge in [-0.05, 0) is 18.2 Å². The molecule has 1 aromatic rings. The first-order chi connectivity index (χ1) is 5.86. The van der Waals surface area contributed by atoms with Crippen LogP contribution < -0.4 is 5.32 Å². The Morgan fingerprint density at radius 2 is 2.33 bits per heavy atom. The van der Waals surface area contributed by atoms with Gasteiger partial charge in [-0.2, -0.15) is 17.9 Å². The number of hydrogen-bond donors (Lipinski definition) is 2. The summed E-state index contributed by atoms with van der Waals surface area (Å²) in [7, 11) is 0. The molecule has 0 fully saturated rings. The van der Waals surface area contributed by atoms with Crippen LogP contribution in [0.25, 0.3) is 0 Å². The van der Waals surface area contributed by atoms with E-state index >= 15 is 0 Å². The van der Waals surface area contributed by atoms with E-state index in [1.165, 1.54) is 0 Å². The summed E-state index contributed by atoms with van der Waals surface area (Å²) in [6, 6.07) is 9.49. The topological polar surface area (TPSA) is 35.8 Å². The summed E-state index contributed by atoms with van der Waals surface area (Å²) in [5, 5.41) is 11.7. The van der Waals surface area contributed by atoms with Gasteiger partial charge < -0.3 is 5.32 Å². The fourth-order valence-corrected chi connectivity index (χ4v) is 1.01. The highest BCUT2D eigenvalue weighted by atomic mass is 32.1. The van der Waals surface area contributed by atoms with Gasteiger partial charge in [0.15, 0.2) is 0 Å². The first-order valence-electron chi connectivity index (χ1n) is 3.71. The van der Waals surface area contributed by atoms with Crippen molar-refractivity contribution in [2.75, 3.05) is 17.6 Å². The fourth-order valence-electron chi connectivity index (χ4n) is 0.899. The molecule has 0 bridgehead atoms. The van der Waals surface area contributed by atoms with Crippen LogP contribution in [-0.2, 0) is 0 Å². The predicted molar refractivity (Wildman–Crippen MR) is 53.5 cm³/mol. The molecule has 0 saturated carbocycles. The summed E-state index contributed by atoms with van der Waals surface area (Å²) < 4.78 is 0. The van der Waals surface area contributed by atoms with E-state index in [1.807, 2.05) is 18.2 Å². The number of thiol groups is 1. The molecule has 0 amide bonds. The zero-order valence-corrected chi connectivity index (χ0v) is 7.51. The molecule has 0 aliphatic rings. The van der Waals surface area contributed by atoms with Crippen LogP contribution in [0.5, 0.6) is 0 Å². The van der Waals surface area contributed by atoms with Crippen molar-refractivity contribution in [3.05, 3.63) is 29.8 Å². The summed E-state index contributed by atoms with van der Waals surface area (Å²) in [6.07, 6.45) is 0. The quantitative estimate of drug-likeness (QED) is 0.693. The largest absolute Gasteiger partial charge is 0.384 e. The van der Waals surface area contributed by atoms with Gasteiger partial charge in [0.2, 0.25) is 0 Å². The second kappa shape index (κ2) is 4.68. The molecule has 0 saturated heterocycles. The van der Waals surface area contributed by atoms with E-state index in [0.29, 0.717) is 5.56 Å². The van der Waals surface area contributed by atoms with Gasteiger partial charge in [-0.25, -0.2) is 0 Å². The van der Waals surface area contributed by atoms with Gasteiger partial charge in [-0.3, -0.25) is 0 Å². The van der Waals surface area contributed by atoms with Crippen LogP contribution in [0, 0.1) is 11.3 Å². The summed E-state index contributed by atoms with van der Waals surface area (Å²) in [4.78, 5) is 0. The highest BCUT2D eigenvalue weighted by Crippen LogP contribution is 2.08. The van der Waals surface area contributed by atoms with Crippen molar-refractivity contribution in [3.63, 3.8) is 0 Å². The van der Waals surface area contributed by atoms with Crippen molar-refractivity contribution in [2.24, 2.45) is 0 Å². The molecule has 1 aromatic carbocycles. The smallest absolute Gasteiger partial charge is 0.0992 e. The highest BCUT2D eigenvalue weighted by Gasteiger charge is 1.92. The predicted octanol–water partition coefficient (Wildman–Crippen LogP) is 1.90. The third-order valence-electron chi connectivity index (χ3n) is 1.43. The Bertz CT molecular complexity index is 291. The zero-order chi connectivity index (χ0) is 8.81. The number of rotatable bonds is 3. The molecule has 62 valence electrons. The lowest BCUT2D eigenvalue weighted by molar-refractivity contribution is 1.23. The van der Waals surface area contributed by atoms with Gasteiger partial charge in [-0.1, -0.05) is 6.07 Å². The minimum Gasteiger partial charge on any atom is -0.384 e. The van der Waals surface area contributed by atoms with E-state index in [4.69, 9.17) is 5.26 Å². The van der Waals surface area contributed by atoms with Crippen LogP contribution in [0.1, 0.15) is 5.56 Å². The minimum absolute atomic E-state index is 0.680. The standard InChI is InChI=1S/C9H10N2S/c10-7-8-2-1-3-9(6-8)11-4-5-12/h1-3,6,11-12H,4-5H2. The molecule has 0 aliphatic heterocycles. The maximum atomic E-state index is 8.59. The second-order valence-electron chi connectivity index (χ2n) is 2.34. The lowest BCUT2D eigenvalue weighted by atomic mass is 10.2. The molecule has 0 unspecified atom stereocenters. The average molecular weight is 178 g/mol. The first-order valence-corrected chi connectivity index (χ1v) is 4.35. The second-order valence-corrected chi connectivity index (χ2v) is 2.79. The van der Waals surface area contributed by atoms with Crippen LogP contribution in [-0.4, -0.2) is 12.3 Å². The van der Waals surface area contributed by atoms with Gasteiger partial charge in [0.25, 0.3) is 0 Å². The lowest BCUT2D eigenvalue weighted by Crippen LogP contribution is -2.02. The molecular weight excluding hydrogens is 168 g/mol. The maximum Gasteiger partial charge on any atom is 0.0992 e. The molecule has 1 rings (SSSR count). The zero-order valence-electron chi connectivity index (χ0n) is 6.62. The van der Waals surface area contributed by atoms with Crippen LogP contribution in [0.4, 0.5) is 5.69 Å². The van der Waals surface area contributed by atoms with Crippen molar-refractivity contribution in [1.82, 2.24) is 0 Å². The number of anilines is 1. The van der Waals surface area contributed by atoms with Gasteiger partial charge in [0.05, 0.1) is 11.6 Å². The molecule has 12 heavy (non-hydrogen) atoms. The highest BCUT2D eigenvalue weighted by molar-refractivity contribution is 7.80. The summed E-state index contributed by atoms with van der Waals surface area (Å²) in [5.41, 5.74) is 1.65. The molecule has 0 radical (unpaired) electrons. The van der Waals surface area contributed by atoms with Crippen LogP contribution in [0.15, 0.2) is 24.3 Å². The van der Waals surface area contributed by atoms with Crippen molar-refractivity contribution < 1.29 is 0 Å². The SMILES string of the molecule is N#Cc1cccc(NCCS)c1. The third kappa shape index (κ3) is 2.48. The monoisotopic (exact) mass is 178 g/mol. The lowest BCUT2D eigenvalue weighted by Gasteiger charge is -2.03. The summed E-state index contributed by atoms with van der Waals surface area (Å²) >= 11 is 4.07. The summed E-state index contributed by atoms with van der Waals surface area (Å²) in [6.45, 7) is 0.817. The van der Waals surface area contributed by atoms with E-state index in [2.05, 4.69) is 24.0 Å². The Balaban J connectivity index is 2.68. The first kappa shape index (κ1) is 8.95. The van der Waals surface area contributed by atoms with E-state index in [0.717, 1.165) is 18.0 Å². The van der Waals surface area contributed by atoms with Crippen molar-refractivity contribution in [2.45, 2.75) is 0 Å². The van der Waals surface area contributed by atoms with Gasteiger partial charge in [-0.15, -0.1) is 0 Å². The van der Waals surface area contributed by atoms with Crippen molar-refractivity contribution in [3.8, 4) is 6.07 Å². The Labute approximate surface area is 77.6 Å². The maximum absolute atomic E-state index is 8.59. The van der Waals surface area contributed by atoms with E-state index in [-0.39, 0.29) is 0 Å². The van der Waals surface area contributed by atoms with Gasteiger partial charge >= 0.3 is 0 Å². The molecule has 0 aromatic heterocycles. The normalized spacial score (nSPS) is 9.00. The Morgan fingerprint density at radius 3 is 3.00 bits per heavy atom. The Kier molecular flexibility index (Phi) is 3.49. The Morgan fingerprint density at radius 1 is 1.50 bits per heavy atom. The molecule has 0 spiro atoms. The van der Waals surface area contributed by atoms with E-state index in [9.17, 15) is 0 Å². The number of nitriles is 1. The molecule has 0 atom stereocenters. The fraction of sp³-hybridized carbons (Fsp3) is 0.222. The van der Waals surface area contributed by atoms with E-state index < -0.39 is 0 Å². The van der Waals surface area contributed by atoms with Crippen molar-refractivity contribution in [1.29, 1.82) is 5.26 Å². The van der Waals surface area contributed by atoms with Crippen LogP contribution in [0.2, 0.25) is 0 Å². The third-order valence-corrected chi connectivity index (χ3v) is 1.66. The molecule has 0 heterocycles. The molecular formula is C9H10N2S. The van der Waals surface area contributed by atoms with Crippen molar-refractivity contribution >= 4 is 18.3 Å². The molecule has 2 nitrogen and oxygen atoms in total. The minimum atomic E-state index is 0.680. The molecule has 1 N–H and O–H groups in total. The van der Waals surface area contributed by atoms with Crippen LogP contribution >= 0.6 is 12.6 Å². The van der Waals surface area contributed by atoms with Crippen LogP contribution in [0.3, 0.4) is 0 Å². The van der Waals surface area contributed by atoms with E-state index in [1.54, 1.807) is 6.07 Å². The number of benzene rings is 1. The molecule has 0 aliphatic carbocycles. The average Bonchev–Trinajstić information content (AvgIpc) is 2.15. The summed E-state index contributed by atoms with van der Waals surface area (Å²) in [5.74, 6) is 0.788. The number of nitrogens with one attached hydrogen (secondary N) is 1. The Hall–Kier alpha value is -1.14. The molecule has 3 heteroatoms. The van der Waals surface area contributed by atoms with Gasteiger partial charge in [0.1, 0.15) is 0 Å². The number of nitrogens with zero attached hydrogens (tertiary/aromatic N) is 1. The number of hydrogen-bond acceptors (Lipinski definition) is 3.